The molecule has 2 N–H and O–H groups in total. The van der Waals surface area contributed by atoms with Crippen molar-refractivity contribution in [2.45, 2.75) is 30.5 Å². The van der Waals surface area contributed by atoms with Crippen molar-refractivity contribution in [1.82, 2.24) is 4.72 Å². The minimum atomic E-state index is -5.32. The van der Waals surface area contributed by atoms with Crippen LogP contribution in [0, 0.1) is 6.92 Å². The lowest BCUT2D eigenvalue weighted by molar-refractivity contribution is -0.201. The van der Waals surface area contributed by atoms with Gasteiger partial charge in [-0.25, -0.2) is 13.2 Å². The molecule has 0 saturated heterocycles. The first-order chi connectivity index (χ1) is 9.31. The molecule has 21 heavy (non-hydrogen) atoms. The van der Waals surface area contributed by atoms with Crippen molar-refractivity contribution in [3.05, 3.63) is 28.8 Å². The number of benzene rings is 1. The summed E-state index contributed by atoms with van der Waals surface area (Å²) in [6.45, 7) is 1.57. The van der Waals surface area contributed by atoms with Crippen molar-refractivity contribution in [3.63, 3.8) is 0 Å². The molecule has 0 aromatic heterocycles. The van der Waals surface area contributed by atoms with Crippen molar-refractivity contribution >= 4 is 27.6 Å². The molecule has 0 amide bonds. The monoisotopic (exact) mass is 345 g/mol. The number of hydrogen-bond acceptors (Lipinski definition) is 3. The average molecular weight is 346 g/mol. The lowest BCUT2D eigenvalue weighted by Crippen LogP contribution is -2.61. The third-order valence-corrected chi connectivity index (χ3v) is 4.70. The number of rotatable bonds is 4. The number of alkyl halides is 3. The third-order valence-electron chi connectivity index (χ3n) is 2.77. The molecule has 0 bridgehead atoms. The number of carboxylic acid groups (broad SMARTS) is 1. The number of aryl methyl sites for hydroxylation is 1. The van der Waals surface area contributed by atoms with Gasteiger partial charge < -0.3 is 5.11 Å². The number of nitrogens with one attached hydrogen (secondary N) is 1. The number of hydrogen-bond donors (Lipinski definition) is 2. The van der Waals surface area contributed by atoms with Gasteiger partial charge in [0.25, 0.3) is 0 Å². The molecule has 10 heteroatoms. The topological polar surface area (TPSA) is 83.5 Å². The molecule has 1 aromatic rings. The van der Waals surface area contributed by atoms with E-state index in [2.05, 4.69) is 0 Å². The molecule has 1 aromatic carbocycles. The second-order valence-electron chi connectivity index (χ2n) is 4.44. The fourth-order valence-electron chi connectivity index (χ4n) is 1.41. The van der Waals surface area contributed by atoms with E-state index in [-0.39, 0.29) is 17.5 Å². The van der Waals surface area contributed by atoms with E-state index in [9.17, 15) is 26.4 Å². The van der Waals surface area contributed by atoms with Crippen LogP contribution in [0.15, 0.2) is 23.1 Å². The second-order valence-corrected chi connectivity index (χ2v) is 6.53. The lowest BCUT2D eigenvalue weighted by atomic mass is 10.0. The highest BCUT2D eigenvalue weighted by atomic mass is 35.5. The Kier molecular flexibility index (Phi) is 4.62. The molecule has 118 valence electrons. The smallest absolute Gasteiger partial charge is 0.418 e. The van der Waals surface area contributed by atoms with E-state index in [1.807, 2.05) is 0 Å². The van der Waals surface area contributed by atoms with Crippen LogP contribution in [0.4, 0.5) is 13.2 Å². The first kappa shape index (κ1) is 17.7. The van der Waals surface area contributed by atoms with Crippen LogP contribution in [0.1, 0.15) is 12.5 Å². The first-order valence-corrected chi connectivity index (χ1v) is 7.27. The molecule has 0 spiro atoms. The molecule has 0 radical (unpaired) electrons. The van der Waals surface area contributed by atoms with Crippen LogP contribution in [0.5, 0.6) is 0 Å². The van der Waals surface area contributed by atoms with Gasteiger partial charge in [0.05, 0.1) is 4.90 Å². The first-order valence-electron chi connectivity index (χ1n) is 5.41. The van der Waals surface area contributed by atoms with E-state index in [1.54, 1.807) is 0 Å². The molecule has 0 aliphatic heterocycles. The highest BCUT2D eigenvalue weighted by Gasteiger charge is 2.59. The molecular weight excluding hydrogens is 335 g/mol. The lowest BCUT2D eigenvalue weighted by Gasteiger charge is -2.28. The summed E-state index contributed by atoms with van der Waals surface area (Å²) in [4.78, 5) is 10.3. The van der Waals surface area contributed by atoms with Gasteiger partial charge in [0.2, 0.25) is 15.6 Å². The SMILES string of the molecule is Cc1ccc(Cl)cc1S(=O)(=O)NC(C)(C(=O)O)C(F)(F)F. The van der Waals surface area contributed by atoms with E-state index in [4.69, 9.17) is 16.7 Å². The van der Waals surface area contributed by atoms with Gasteiger partial charge in [-0.1, -0.05) is 17.7 Å². The van der Waals surface area contributed by atoms with Gasteiger partial charge in [-0.2, -0.15) is 17.9 Å². The molecule has 0 saturated carbocycles. The van der Waals surface area contributed by atoms with Gasteiger partial charge >= 0.3 is 12.1 Å². The maximum absolute atomic E-state index is 12.8. The van der Waals surface area contributed by atoms with E-state index in [0.29, 0.717) is 0 Å². The molecule has 1 atom stereocenters. The molecular formula is C11H11ClF3NO4S. The second kappa shape index (κ2) is 5.47. The Morgan fingerprint density at radius 1 is 1.33 bits per heavy atom. The summed E-state index contributed by atoms with van der Waals surface area (Å²) in [7, 11) is -4.73. The van der Waals surface area contributed by atoms with Gasteiger partial charge in [-0.3, -0.25) is 0 Å². The third kappa shape index (κ3) is 3.47. The quantitative estimate of drug-likeness (QED) is 0.877. The Morgan fingerprint density at radius 2 is 1.86 bits per heavy atom. The van der Waals surface area contributed by atoms with Gasteiger partial charge in [-0.05, 0) is 31.5 Å². The number of aliphatic carboxylic acids is 1. The summed E-state index contributed by atoms with van der Waals surface area (Å²) in [6.07, 6.45) is -5.32. The standard InChI is InChI=1S/C11H11ClF3NO4S/c1-6-3-4-7(12)5-8(6)21(19,20)16-10(2,9(17)18)11(13,14)15/h3-5,16H,1-2H3,(H,17,18). The van der Waals surface area contributed by atoms with Crippen LogP contribution in [-0.2, 0) is 14.8 Å². The van der Waals surface area contributed by atoms with Crippen LogP contribution in [0.3, 0.4) is 0 Å². The molecule has 1 rings (SSSR count). The normalized spacial score (nSPS) is 15.5. The summed E-state index contributed by atoms with van der Waals surface area (Å²) in [5, 5.41) is 8.72. The highest BCUT2D eigenvalue weighted by molar-refractivity contribution is 7.89. The van der Waals surface area contributed by atoms with Crippen LogP contribution < -0.4 is 4.72 Å². The fourth-order valence-corrected chi connectivity index (χ4v) is 3.27. The zero-order valence-corrected chi connectivity index (χ0v) is 12.4. The molecule has 0 heterocycles. The molecule has 1 unspecified atom stereocenters. The maximum Gasteiger partial charge on any atom is 0.418 e. The Hall–Kier alpha value is -1.32. The Bertz CT molecular complexity index is 675. The minimum absolute atomic E-state index is 0.00925. The van der Waals surface area contributed by atoms with Crippen molar-refractivity contribution in [2.75, 3.05) is 0 Å². The number of carboxylic acids is 1. The van der Waals surface area contributed by atoms with E-state index in [0.717, 1.165) is 6.07 Å². The summed E-state index contributed by atoms with van der Waals surface area (Å²) < 4.78 is 63.8. The Morgan fingerprint density at radius 3 is 2.29 bits per heavy atom. The van der Waals surface area contributed by atoms with Crippen molar-refractivity contribution < 1.29 is 31.5 Å². The van der Waals surface area contributed by atoms with Crippen LogP contribution in [0.2, 0.25) is 5.02 Å². The summed E-state index contributed by atoms with van der Waals surface area (Å²) in [5.74, 6) is -2.36. The maximum atomic E-state index is 12.8. The fraction of sp³-hybridized carbons (Fsp3) is 0.364. The molecule has 5 nitrogen and oxygen atoms in total. The van der Waals surface area contributed by atoms with Gasteiger partial charge in [0.15, 0.2) is 0 Å². The predicted octanol–water partition coefficient (Wildman–Crippen LogP) is 2.33. The van der Waals surface area contributed by atoms with Crippen LogP contribution in [0.25, 0.3) is 0 Å². The van der Waals surface area contributed by atoms with E-state index in [1.165, 1.54) is 23.8 Å². The average Bonchev–Trinajstić information content (AvgIpc) is 2.29. The molecule has 0 aliphatic carbocycles. The highest BCUT2D eigenvalue weighted by Crippen LogP contribution is 2.32. The zero-order valence-electron chi connectivity index (χ0n) is 10.8. The predicted molar refractivity (Wildman–Crippen MR) is 68.6 cm³/mol. The number of carbonyl (C=O) groups is 1. The Balaban J connectivity index is 3.39. The Labute approximate surface area is 123 Å². The minimum Gasteiger partial charge on any atom is -0.480 e. The molecule has 0 fully saturated rings. The summed E-state index contributed by atoms with van der Waals surface area (Å²) in [6, 6.07) is 3.59. The van der Waals surface area contributed by atoms with Crippen LogP contribution >= 0.6 is 11.6 Å². The summed E-state index contributed by atoms with van der Waals surface area (Å²) in [5.41, 5.74) is -3.53. The van der Waals surface area contributed by atoms with E-state index < -0.39 is 32.6 Å². The largest absolute Gasteiger partial charge is 0.480 e. The van der Waals surface area contributed by atoms with E-state index >= 15 is 0 Å². The van der Waals surface area contributed by atoms with Crippen molar-refractivity contribution in [1.29, 1.82) is 0 Å². The van der Waals surface area contributed by atoms with Crippen molar-refractivity contribution in [2.24, 2.45) is 0 Å². The van der Waals surface area contributed by atoms with Gasteiger partial charge in [0, 0.05) is 5.02 Å². The number of halogens is 4. The zero-order chi connectivity index (χ0) is 16.6. The van der Waals surface area contributed by atoms with Gasteiger partial charge in [0.1, 0.15) is 0 Å². The molecule has 0 aliphatic rings. The van der Waals surface area contributed by atoms with Crippen molar-refractivity contribution in [3.8, 4) is 0 Å². The summed E-state index contributed by atoms with van der Waals surface area (Å²) >= 11 is 5.62. The van der Waals surface area contributed by atoms with Gasteiger partial charge in [-0.15, -0.1) is 0 Å². The van der Waals surface area contributed by atoms with Crippen LogP contribution in [-0.4, -0.2) is 31.2 Å². The number of sulfonamides is 1.